The van der Waals surface area contributed by atoms with Crippen LogP contribution >= 0.6 is 0 Å². The Morgan fingerprint density at radius 2 is 2.06 bits per heavy atom. The standard InChI is InChI=1S/C25H25N9O2/c1-16-11-17(3-4-20(16)36-18-5-8-34-22(12-18)28-15-30-34)31-24-23-19(27-14-29-24)13-21-25(32-23)33(9-6-26)7-2-10-35-21/h3-5,8,11-15H,2,6-7,9-10,26H2,1H3,(H,27,29,31). The van der Waals surface area contributed by atoms with Gasteiger partial charge in [-0.05, 0) is 43.2 Å². The van der Waals surface area contributed by atoms with E-state index in [1.165, 1.54) is 12.7 Å². The topological polar surface area (TPSA) is 129 Å². The van der Waals surface area contributed by atoms with Gasteiger partial charge in [0, 0.05) is 43.7 Å². The second-order valence-electron chi connectivity index (χ2n) is 8.51. The first-order chi connectivity index (χ1) is 17.7. The molecule has 5 aromatic rings. The summed E-state index contributed by atoms with van der Waals surface area (Å²) in [4.78, 5) is 20.2. The number of nitrogens with zero attached hydrogens (tertiary/aromatic N) is 7. The Hall–Kier alpha value is -4.51. The van der Waals surface area contributed by atoms with Crippen molar-refractivity contribution in [1.82, 2.24) is 29.5 Å². The molecule has 182 valence electrons. The number of nitrogens with one attached hydrogen (secondary N) is 1. The molecular formula is C25H25N9O2. The van der Waals surface area contributed by atoms with E-state index in [1.807, 2.05) is 49.5 Å². The van der Waals surface area contributed by atoms with Gasteiger partial charge in [-0.15, -0.1) is 0 Å². The maximum Gasteiger partial charge on any atom is 0.172 e. The molecule has 0 fully saturated rings. The molecule has 1 aliphatic heterocycles. The Kier molecular flexibility index (Phi) is 5.66. The van der Waals surface area contributed by atoms with Crippen LogP contribution in [0.25, 0.3) is 16.7 Å². The van der Waals surface area contributed by atoms with Crippen molar-refractivity contribution in [1.29, 1.82) is 0 Å². The summed E-state index contributed by atoms with van der Waals surface area (Å²) in [5, 5.41) is 7.50. The number of fused-ring (bicyclic) bond motifs is 3. The van der Waals surface area contributed by atoms with Gasteiger partial charge in [-0.1, -0.05) is 0 Å². The highest BCUT2D eigenvalue weighted by Gasteiger charge is 2.20. The number of benzene rings is 1. The highest BCUT2D eigenvalue weighted by atomic mass is 16.5. The zero-order chi connectivity index (χ0) is 24.5. The van der Waals surface area contributed by atoms with Crippen LogP contribution in [0.2, 0.25) is 0 Å². The number of aromatic nitrogens is 6. The third-order valence-electron chi connectivity index (χ3n) is 6.00. The van der Waals surface area contributed by atoms with Gasteiger partial charge >= 0.3 is 0 Å². The average molecular weight is 484 g/mol. The molecule has 36 heavy (non-hydrogen) atoms. The van der Waals surface area contributed by atoms with Crippen molar-refractivity contribution in [2.24, 2.45) is 5.73 Å². The zero-order valence-corrected chi connectivity index (χ0v) is 19.8. The molecule has 0 radical (unpaired) electrons. The van der Waals surface area contributed by atoms with Crippen LogP contribution < -0.4 is 25.4 Å². The number of hydrogen-bond acceptors (Lipinski definition) is 10. The summed E-state index contributed by atoms with van der Waals surface area (Å²) in [7, 11) is 0. The van der Waals surface area contributed by atoms with Gasteiger partial charge in [0.15, 0.2) is 23.0 Å². The van der Waals surface area contributed by atoms with E-state index >= 15 is 0 Å². The predicted molar refractivity (Wildman–Crippen MR) is 136 cm³/mol. The van der Waals surface area contributed by atoms with Gasteiger partial charge in [0.25, 0.3) is 0 Å². The first-order valence-electron chi connectivity index (χ1n) is 11.8. The summed E-state index contributed by atoms with van der Waals surface area (Å²) in [5.41, 5.74) is 9.77. The lowest BCUT2D eigenvalue weighted by atomic mass is 10.2. The first kappa shape index (κ1) is 22.0. The van der Waals surface area contributed by atoms with Crippen molar-refractivity contribution >= 4 is 34.0 Å². The van der Waals surface area contributed by atoms with Crippen LogP contribution in [0.1, 0.15) is 12.0 Å². The lowest BCUT2D eigenvalue weighted by molar-refractivity contribution is 0.322. The number of pyridine rings is 2. The minimum Gasteiger partial charge on any atom is -0.490 e. The van der Waals surface area contributed by atoms with Crippen LogP contribution in [0.15, 0.2) is 55.2 Å². The van der Waals surface area contributed by atoms with Crippen LogP contribution in [0.3, 0.4) is 0 Å². The highest BCUT2D eigenvalue weighted by molar-refractivity contribution is 5.90. The zero-order valence-electron chi connectivity index (χ0n) is 19.8. The Morgan fingerprint density at radius 3 is 2.94 bits per heavy atom. The van der Waals surface area contributed by atoms with Crippen LogP contribution in [0.4, 0.5) is 17.3 Å². The number of aryl methyl sites for hydroxylation is 1. The largest absolute Gasteiger partial charge is 0.490 e. The Bertz CT molecular complexity index is 1550. The molecule has 5 heterocycles. The van der Waals surface area contributed by atoms with Crippen molar-refractivity contribution in [3.05, 3.63) is 60.8 Å². The fraction of sp³-hybridized carbons (Fsp3) is 0.240. The quantitative estimate of drug-likeness (QED) is 0.370. The molecule has 0 bridgehead atoms. The summed E-state index contributed by atoms with van der Waals surface area (Å²) < 4.78 is 13.7. The molecule has 0 unspecified atom stereocenters. The number of hydrogen-bond donors (Lipinski definition) is 2. The molecule has 0 atom stereocenters. The highest BCUT2D eigenvalue weighted by Crippen LogP contribution is 2.34. The molecule has 1 aliphatic rings. The van der Waals surface area contributed by atoms with Crippen molar-refractivity contribution in [2.45, 2.75) is 13.3 Å². The molecule has 11 nitrogen and oxygen atoms in total. The molecule has 0 spiro atoms. The van der Waals surface area contributed by atoms with Gasteiger partial charge in [0.2, 0.25) is 0 Å². The van der Waals surface area contributed by atoms with Gasteiger partial charge in [0.05, 0.1) is 12.1 Å². The van der Waals surface area contributed by atoms with Gasteiger partial charge in [-0.3, -0.25) is 0 Å². The van der Waals surface area contributed by atoms with Crippen LogP contribution in [0.5, 0.6) is 17.2 Å². The van der Waals surface area contributed by atoms with Crippen molar-refractivity contribution in [3.8, 4) is 17.2 Å². The second kappa shape index (κ2) is 9.27. The summed E-state index contributed by atoms with van der Waals surface area (Å²) >= 11 is 0. The molecule has 11 heteroatoms. The number of rotatable bonds is 6. The average Bonchev–Trinajstić information content (AvgIpc) is 3.26. The minimum absolute atomic E-state index is 0.538. The Morgan fingerprint density at radius 1 is 1.11 bits per heavy atom. The fourth-order valence-corrected chi connectivity index (χ4v) is 4.26. The summed E-state index contributed by atoms with van der Waals surface area (Å²) in [5.74, 6) is 3.54. The molecule has 6 rings (SSSR count). The molecule has 0 saturated carbocycles. The molecule has 3 N–H and O–H groups in total. The number of ether oxygens (including phenoxy) is 2. The third-order valence-corrected chi connectivity index (χ3v) is 6.00. The van der Waals surface area contributed by atoms with E-state index in [4.69, 9.17) is 20.2 Å². The van der Waals surface area contributed by atoms with E-state index in [1.54, 1.807) is 4.52 Å². The lowest BCUT2D eigenvalue weighted by Crippen LogP contribution is -2.30. The van der Waals surface area contributed by atoms with Crippen LogP contribution in [-0.2, 0) is 0 Å². The van der Waals surface area contributed by atoms with Gasteiger partial charge in [-0.2, -0.15) is 5.10 Å². The SMILES string of the molecule is Cc1cc(Nc2ncnc3cc4c(nc23)N(CCN)CCCO4)ccc1Oc1ccn2ncnc2c1. The molecular weight excluding hydrogens is 458 g/mol. The summed E-state index contributed by atoms with van der Waals surface area (Å²) in [6.45, 7) is 4.71. The lowest BCUT2D eigenvalue weighted by Gasteiger charge is -2.22. The van der Waals surface area contributed by atoms with E-state index in [9.17, 15) is 0 Å². The summed E-state index contributed by atoms with van der Waals surface area (Å²) in [6.07, 6.45) is 5.76. The smallest absolute Gasteiger partial charge is 0.172 e. The Balaban J connectivity index is 1.29. The monoisotopic (exact) mass is 483 g/mol. The van der Waals surface area contributed by atoms with Crippen molar-refractivity contribution < 1.29 is 9.47 Å². The van der Waals surface area contributed by atoms with Crippen LogP contribution in [-0.4, -0.2) is 55.8 Å². The predicted octanol–water partition coefficient (Wildman–Crippen LogP) is 3.46. The number of nitrogens with two attached hydrogens (primary N) is 1. The molecule has 1 aromatic carbocycles. The third kappa shape index (κ3) is 4.20. The van der Waals surface area contributed by atoms with Gasteiger partial charge in [0.1, 0.15) is 29.7 Å². The fourth-order valence-electron chi connectivity index (χ4n) is 4.26. The molecule has 0 amide bonds. The molecule has 0 aliphatic carbocycles. The summed E-state index contributed by atoms with van der Waals surface area (Å²) in [6, 6.07) is 11.5. The van der Waals surface area contributed by atoms with E-state index < -0.39 is 0 Å². The first-order valence-corrected chi connectivity index (χ1v) is 11.8. The maximum absolute atomic E-state index is 6.09. The molecule has 4 aromatic heterocycles. The van der Waals surface area contributed by atoms with Crippen molar-refractivity contribution in [2.75, 3.05) is 36.5 Å². The van der Waals surface area contributed by atoms with Crippen molar-refractivity contribution in [3.63, 3.8) is 0 Å². The van der Waals surface area contributed by atoms with Gasteiger partial charge < -0.3 is 25.4 Å². The van der Waals surface area contributed by atoms with Gasteiger partial charge in [-0.25, -0.2) is 24.5 Å². The second-order valence-corrected chi connectivity index (χ2v) is 8.51. The van der Waals surface area contributed by atoms with Crippen LogP contribution in [0, 0.1) is 6.92 Å². The maximum atomic E-state index is 6.09. The number of anilines is 3. The molecule has 0 saturated heterocycles. The minimum atomic E-state index is 0.538. The van der Waals surface area contributed by atoms with E-state index in [-0.39, 0.29) is 0 Å². The van der Waals surface area contributed by atoms with E-state index in [0.29, 0.717) is 42.3 Å². The van der Waals surface area contributed by atoms with E-state index in [2.05, 4.69) is 30.3 Å². The van der Waals surface area contributed by atoms with E-state index in [0.717, 1.165) is 47.2 Å². The Labute approximate surface area is 206 Å². The normalized spacial score (nSPS) is 13.3.